The average molecular weight is 1120 g/mol. The van der Waals surface area contributed by atoms with Crippen molar-refractivity contribution in [2.75, 3.05) is 13.1 Å². The Kier molecular flexibility index (Phi) is 28.2. The molecule has 0 aliphatic rings. The minimum Gasteiger partial charge on any atom is -0.481 e. The quantitative estimate of drug-likeness (QED) is 0.0277. The molecule has 436 valence electrons. The lowest BCUT2D eigenvalue weighted by atomic mass is 10.0. The van der Waals surface area contributed by atoms with E-state index in [9.17, 15) is 63.3 Å². The van der Waals surface area contributed by atoms with E-state index in [2.05, 4.69) is 37.2 Å². The van der Waals surface area contributed by atoms with Crippen molar-refractivity contribution in [1.82, 2.24) is 37.2 Å². The van der Waals surface area contributed by atoms with Crippen LogP contribution in [-0.4, -0.2) is 136 Å². The SMILES string of the molecule is NCCCC[C@H](NC(=O)[C@H](Cc1ccccc1)NC(=O)[C@H](CCC(=O)O)NC(=O)[C@H](Cc1ccccc1)NC(=O)[C@H](CCCCN)NC(=O)[C@H](Cc1ccccc1)NC(=O)[C@H](CCC(=O)O)NC(=O)[C@@H](N)Cc1ccccc1)C(=O)O. The van der Waals surface area contributed by atoms with Crippen LogP contribution in [0, 0.1) is 0 Å². The topological polar surface area (TPSA) is 394 Å². The van der Waals surface area contributed by atoms with Crippen LogP contribution in [0.15, 0.2) is 121 Å². The average Bonchev–Trinajstić information content (AvgIpc) is 3.44. The van der Waals surface area contributed by atoms with Gasteiger partial charge >= 0.3 is 17.9 Å². The molecule has 0 aromatic heterocycles. The van der Waals surface area contributed by atoms with Gasteiger partial charge in [-0.1, -0.05) is 121 Å². The summed E-state index contributed by atoms with van der Waals surface area (Å²) in [6.07, 6.45) is -0.761. The van der Waals surface area contributed by atoms with Crippen LogP contribution in [0.25, 0.3) is 0 Å². The molecule has 81 heavy (non-hydrogen) atoms. The van der Waals surface area contributed by atoms with Crippen LogP contribution < -0.4 is 54.4 Å². The molecule has 4 aromatic carbocycles. The third kappa shape index (κ3) is 24.2. The van der Waals surface area contributed by atoms with Crippen molar-refractivity contribution in [3.05, 3.63) is 144 Å². The number of hydrogen-bond acceptors (Lipinski definition) is 13. The molecule has 0 heterocycles. The molecule has 4 aromatic rings. The van der Waals surface area contributed by atoms with Gasteiger partial charge in [-0.25, -0.2) is 4.79 Å². The van der Waals surface area contributed by atoms with Crippen LogP contribution in [-0.2, 0) is 73.6 Å². The molecule has 0 spiro atoms. The largest absolute Gasteiger partial charge is 0.481 e. The molecule has 0 unspecified atom stereocenters. The van der Waals surface area contributed by atoms with Crippen molar-refractivity contribution in [1.29, 1.82) is 0 Å². The zero-order chi connectivity index (χ0) is 59.1. The van der Waals surface area contributed by atoms with Crippen molar-refractivity contribution >= 4 is 59.3 Å². The number of benzene rings is 4. The second-order valence-corrected chi connectivity index (χ2v) is 19.6. The summed E-state index contributed by atoms with van der Waals surface area (Å²) in [5, 5.41) is 47.5. The summed E-state index contributed by atoms with van der Waals surface area (Å²) in [5.41, 5.74) is 20.1. The fourth-order valence-electron chi connectivity index (χ4n) is 8.64. The van der Waals surface area contributed by atoms with Gasteiger partial charge in [0.25, 0.3) is 0 Å². The number of carboxylic acids is 3. The molecule has 4 rings (SSSR count). The van der Waals surface area contributed by atoms with Gasteiger partial charge in [-0.15, -0.1) is 0 Å². The van der Waals surface area contributed by atoms with Crippen molar-refractivity contribution in [3.8, 4) is 0 Å². The highest BCUT2D eigenvalue weighted by atomic mass is 16.4. The fraction of sp³-hybridized carbons (Fsp3) is 0.414. The molecule has 0 bridgehead atoms. The van der Waals surface area contributed by atoms with Gasteiger partial charge in [-0.05, 0) is 93.1 Å². The second kappa shape index (κ2) is 35.2. The Bertz CT molecular complexity index is 2670. The van der Waals surface area contributed by atoms with E-state index in [1.165, 1.54) is 0 Å². The summed E-state index contributed by atoms with van der Waals surface area (Å²) in [6, 6.07) is 23.1. The van der Waals surface area contributed by atoms with E-state index >= 15 is 0 Å². The molecule has 16 N–H and O–H groups in total. The molecule has 23 heteroatoms. The van der Waals surface area contributed by atoms with Gasteiger partial charge in [-0.3, -0.25) is 43.2 Å². The lowest BCUT2D eigenvalue weighted by Crippen LogP contribution is -2.60. The Hall–Kier alpha value is -8.54. The summed E-state index contributed by atoms with van der Waals surface area (Å²) < 4.78 is 0. The summed E-state index contributed by atoms with van der Waals surface area (Å²) in [5.74, 6) is -10.1. The summed E-state index contributed by atoms with van der Waals surface area (Å²) >= 11 is 0. The number of unbranched alkanes of at least 4 members (excludes halogenated alkanes) is 2. The Labute approximate surface area is 470 Å². The zero-order valence-electron chi connectivity index (χ0n) is 45.1. The van der Waals surface area contributed by atoms with Crippen molar-refractivity contribution in [2.24, 2.45) is 17.2 Å². The van der Waals surface area contributed by atoms with Crippen LogP contribution in [0.1, 0.15) is 86.5 Å². The minimum atomic E-state index is -1.62. The fourth-order valence-corrected chi connectivity index (χ4v) is 8.64. The molecule has 0 saturated carbocycles. The van der Waals surface area contributed by atoms with Crippen LogP contribution >= 0.6 is 0 Å². The highest BCUT2D eigenvalue weighted by molar-refractivity contribution is 5.98. The van der Waals surface area contributed by atoms with Crippen LogP contribution in [0.4, 0.5) is 0 Å². The lowest BCUT2D eigenvalue weighted by Gasteiger charge is -2.28. The molecule has 0 radical (unpaired) electrons. The van der Waals surface area contributed by atoms with Gasteiger partial charge < -0.3 is 69.7 Å². The first-order chi connectivity index (χ1) is 38.9. The van der Waals surface area contributed by atoms with Crippen LogP contribution in [0.2, 0.25) is 0 Å². The maximum absolute atomic E-state index is 14.6. The molecule has 23 nitrogen and oxygen atoms in total. The number of nitrogens with two attached hydrogens (primary N) is 3. The molecule has 0 aliphatic heterocycles. The Morgan fingerprint density at radius 2 is 0.593 bits per heavy atom. The van der Waals surface area contributed by atoms with E-state index in [4.69, 9.17) is 17.2 Å². The highest BCUT2D eigenvalue weighted by Crippen LogP contribution is 2.13. The number of carbonyl (C=O) groups is 10. The molecule has 7 amide bonds. The van der Waals surface area contributed by atoms with E-state index in [0.29, 0.717) is 48.9 Å². The van der Waals surface area contributed by atoms with Crippen LogP contribution in [0.3, 0.4) is 0 Å². The van der Waals surface area contributed by atoms with Gasteiger partial charge in [-0.2, -0.15) is 0 Å². The highest BCUT2D eigenvalue weighted by Gasteiger charge is 2.35. The van der Waals surface area contributed by atoms with E-state index in [1.54, 1.807) is 121 Å². The molecule has 0 saturated heterocycles. The molecule has 0 fully saturated rings. The molecular weight excluding hydrogens is 1040 g/mol. The first kappa shape index (κ1) is 65.0. The number of carbonyl (C=O) groups excluding carboxylic acids is 7. The van der Waals surface area contributed by atoms with E-state index in [0.717, 1.165) is 5.56 Å². The van der Waals surface area contributed by atoms with Gasteiger partial charge in [0.2, 0.25) is 41.4 Å². The Balaban J connectivity index is 1.64. The number of nitrogens with one attached hydrogen (secondary N) is 7. The van der Waals surface area contributed by atoms with E-state index in [-0.39, 0.29) is 51.5 Å². The van der Waals surface area contributed by atoms with E-state index in [1.807, 2.05) is 0 Å². The standard InChI is InChI=1S/C58H76N10O13/c59-31-15-13-25-42(63-55(77)46(34-38-19-7-2-8-20-38)67-53(75)43(27-29-49(69)70)62-51(73)41(61)33-37-17-5-1-6-18-37)52(74)66-47(35-39-21-9-3-10-22-39)56(78)64-44(28-30-50(71)72)54(76)68-48(36-40-23-11-4-12-24-40)57(79)65-45(58(80)81)26-14-16-32-60/h1-12,17-24,41-48H,13-16,25-36,59-61H2,(H,62,73)(H,63,77)(H,64,78)(H,65,79)(H,66,74)(H,67,75)(H,68,76)(H,69,70)(H,71,72)(H,80,81)/t41-,42-,43-,44-,45-,46-,47-,48-/m0/s1. The Morgan fingerprint density at radius 1 is 0.333 bits per heavy atom. The van der Waals surface area contributed by atoms with Crippen molar-refractivity contribution in [3.63, 3.8) is 0 Å². The smallest absolute Gasteiger partial charge is 0.326 e. The monoisotopic (exact) mass is 1120 g/mol. The third-order valence-corrected chi connectivity index (χ3v) is 13.1. The Morgan fingerprint density at radius 3 is 0.901 bits per heavy atom. The predicted octanol–water partition coefficient (Wildman–Crippen LogP) is 0.750. The summed E-state index contributed by atoms with van der Waals surface area (Å²) in [7, 11) is 0. The third-order valence-electron chi connectivity index (χ3n) is 13.1. The second-order valence-electron chi connectivity index (χ2n) is 19.6. The first-order valence-electron chi connectivity index (χ1n) is 27.0. The van der Waals surface area contributed by atoms with Gasteiger partial charge in [0, 0.05) is 32.1 Å². The number of carboxylic acid groups (broad SMARTS) is 3. The number of rotatable bonds is 37. The number of amides is 7. The van der Waals surface area contributed by atoms with Gasteiger partial charge in [0.15, 0.2) is 0 Å². The van der Waals surface area contributed by atoms with Gasteiger partial charge in [0.1, 0.15) is 42.3 Å². The maximum atomic E-state index is 14.6. The lowest BCUT2D eigenvalue weighted by molar-refractivity contribution is -0.142. The van der Waals surface area contributed by atoms with E-state index < -0.39 is 127 Å². The first-order valence-corrected chi connectivity index (χ1v) is 27.0. The van der Waals surface area contributed by atoms with Crippen LogP contribution in [0.5, 0.6) is 0 Å². The zero-order valence-corrected chi connectivity index (χ0v) is 45.1. The van der Waals surface area contributed by atoms with Gasteiger partial charge in [0.05, 0.1) is 6.04 Å². The minimum absolute atomic E-state index is 0.0265. The summed E-state index contributed by atoms with van der Waals surface area (Å²) in [4.78, 5) is 135. The van der Waals surface area contributed by atoms with Crippen molar-refractivity contribution in [2.45, 2.75) is 138 Å². The predicted molar refractivity (Wildman–Crippen MR) is 299 cm³/mol. The number of aliphatic carboxylic acids is 3. The maximum Gasteiger partial charge on any atom is 0.326 e. The molecular formula is C58H76N10O13. The summed E-state index contributed by atoms with van der Waals surface area (Å²) in [6.45, 7) is 0.515. The molecule has 0 aliphatic carbocycles. The molecule has 8 atom stereocenters. The normalized spacial score (nSPS) is 13.9. The van der Waals surface area contributed by atoms with Crippen molar-refractivity contribution < 1.29 is 63.3 Å². The number of hydrogen-bond donors (Lipinski definition) is 13.